The van der Waals surface area contributed by atoms with Gasteiger partial charge in [-0.15, -0.1) is 0 Å². The lowest BCUT2D eigenvalue weighted by molar-refractivity contribution is -0.387. The Kier molecular flexibility index (Phi) is 7.37. The number of benzene rings is 2. The molecule has 0 saturated heterocycles. The van der Waals surface area contributed by atoms with Gasteiger partial charge in [-0.2, -0.15) is 4.39 Å². The number of nitrogen functional groups attached to an aromatic ring is 1. The summed E-state index contributed by atoms with van der Waals surface area (Å²) in [6, 6.07) is 8.47. The van der Waals surface area contributed by atoms with E-state index in [2.05, 4.69) is 35.2 Å². The van der Waals surface area contributed by atoms with Crippen LogP contribution in [0.5, 0.6) is 0 Å². The van der Waals surface area contributed by atoms with Crippen LogP contribution in [0.15, 0.2) is 42.6 Å². The molecule has 0 saturated carbocycles. The minimum Gasteiger partial charge on any atom is -0.396 e. The first-order chi connectivity index (χ1) is 15.8. The van der Waals surface area contributed by atoms with Gasteiger partial charge in [-0.25, -0.2) is 9.97 Å². The van der Waals surface area contributed by atoms with Crippen molar-refractivity contribution < 1.29 is 9.31 Å². The smallest absolute Gasteiger partial charge is 0.306 e. The molecule has 3 aromatic rings. The Balaban J connectivity index is 2.02. The number of unbranched alkanes of at least 4 members (excludes halogenated alkanes) is 1. The molecule has 0 unspecified atom stereocenters. The van der Waals surface area contributed by atoms with Crippen LogP contribution >= 0.6 is 0 Å². The van der Waals surface area contributed by atoms with E-state index in [1.807, 2.05) is 25.1 Å². The molecule has 3 rings (SSSR count). The summed E-state index contributed by atoms with van der Waals surface area (Å²) in [4.78, 5) is 19.2. The Morgan fingerprint density at radius 3 is 2.73 bits per heavy atom. The van der Waals surface area contributed by atoms with Gasteiger partial charge in [0.1, 0.15) is 0 Å². The monoisotopic (exact) mass is 449 g/mol. The molecule has 8 heteroatoms. The normalized spacial score (nSPS) is 11.5. The number of aromatic nitrogens is 2. The number of anilines is 3. The molecule has 0 bridgehead atoms. The summed E-state index contributed by atoms with van der Waals surface area (Å²) in [5.74, 6) is -0.682. The van der Waals surface area contributed by atoms with E-state index in [0.29, 0.717) is 22.6 Å². The van der Waals surface area contributed by atoms with Crippen molar-refractivity contribution in [1.82, 2.24) is 9.97 Å². The lowest BCUT2D eigenvalue weighted by Gasteiger charge is -2.16. The number of nitrogens with zero attached hydrogens (tertiary/aromatic N) is 3. The maximum Gasteiger partial charge on any atom is 0.306 e. The molecule has 0 amide bonds. The van der Waals surface area contributed by atoms with Gasteiger partial charge in [0.25, 0.3) is 0 Å². The van der Waals surface area contributed by atoms with Crippen molar-refractivity contribution in [3.63, 3.8) is 0 Å². The summed E-state index contributed by atoms with van der Waals surface area (Å²) in [5, 5.41) is 14.1. The quantitative estimate of drug-likeness (QED) is 0.310. The first-order valence-corrected chi connectivity index (χ1v) is 10.9. The third-order valence-corrected chi connectivity index (χ3v) is 5.63. The van der Waals surface area contributed by atoms with Gasteiger partial charge in [0.15, 0.2) is 0 Å². The maximum atomic E-state index is 13.9. The molecule has 0 radical (unpaired) electrons. The van der Waals surface area contributed by atoms with Crippen molar-refractivity contribution in [2.45, 2.75) is 47.0 Å². The Bertz CT molecular complexity index is 1220. The Morgan fingerprint density at radius 1 is 1.30 bits per heavy atom. The van der Waals surface area contributed by atoms with E-state index >= 15 is 0 Å². The number of nitro groups is 1. The van der Waals surface area contributed by atoms with Gasteiger partial charge < -0.3 is 11.1 Å². The number of aryl methyl sites for hydroxylation is 2. The third kappa shape index (κ3) is 5.16. The van der Waals surface area contributed by atoms with E-state index in [4.69, 9.17) is 5.73 Å². The van der Waals surface area contributed by atoms with Gasteiger partial charge >= 0.3 is 5.69 Å². The minimum atomic E-state index is -0.892. The van der Waals surface area contributed by atoms with E-state index in [-0.39, 0.29) is 5.95 Å². The second-order valence-electron chi connectivity index (χ2n) is 7.89. The van der Waals surface area contributed by atoms with Crippen LogP contribution in [0.2, 0.25) is 0 Å². The summed E-state index contributed by atoms with van der Waals surface area (Å²) in [7, 11) is 0. The van der Waals surface area contributed by atoms with Gasteiger partial charge in [0, 0.05) is 11.6 Å². The fourth-order valence-corrected chi connectivity index (χ4v) is 3.76. The van der Waals surface area contributed by atoms with Crippen LogP contribution in [-0.4, -0.2) is 14.9 Å². The maximum absolute atomic E-state index is 13.9. The second kappa shape index (κ2) is 10.2. The zero-order chi connectivity index (χ0) is 24.1. The van der Waals surface area contributed by atoms with Gasteiger partial charge in [0.2, 0.25) is 11.8 Å². The lowest BCUT2D eigenvalue weighted by atomic mass is 9.92. The highest BCUT2D eigenvalue weighted by molar-refractivity contribution is 5.85. The molecule has 2 aromatic carbocycles. The fraction of sp³-hybridized carbons (Fsp3) is 0.280. The van der Waals surface area contributed by atoms with Crippen molar-refractivity contribution in [2.75, 3.05) is 11.1 Å². The van der Waals surface area contributed by atoms with Crippen LogP contribution in [0.4, 0.5) is 27.4 Å². The predicted molar refractivity (Wildman–Crippen MR) is 130 cm³/mol. The highest BCUT2D eigenvalue weighted by atomic mass is 19.1. The molecule has 33 heavy (non-hydrogen) atoms. The molecule has 0 aliphatic rings. The molecule has 1 heterocycles. The number of allylic oxidation sites excluding steroid dienone is 1. The van der Waals surface area contributed by atoms with Crippen LogP contribution in [0.25, 0.3) is 5.57 Å². The Hall–Kier alpha value is -3.81. The first-order valence-electron chi connectivity index (χ1n) is 10.9. The number of nitrogens with two attached hydrogens (primary N) is 1. The molecule has 0 aliphatic heterocycles. The van der Waals surface area contributed by atoms with Crippen LogP contribution in [0, 0.1) is 29.8 Å². The highest BCUT2D eigenvalue weighted by Crippen LogP contribution is 2.32. The molecule has 0 atom stereocenters. The molecule has 1 aromatic heterocycles. The largest absolute Gasteiger partial charge is 0.396 e. The zero-order valence-electron chi connectivity index (χ0n) is 19.3. The van der Waals surface area contributed by atoms with Gasteiger partial charge in [-0.05, 0) is 61.9 Å². The van der Waals surface area contributed by atoms with Crippen LogP contribution in [-0.2, 0) is 6.42 Å². The molecule has 3 N–H and O–H groups in total. The van der Waals surface area contributed by atoms with Crippen LogP contribution in [0.3, 0.4) is 0 Å². The number of nitro benzene ring substituents is 1. The Labute approximate surface area is 192 Å². The predicted octanol–water partition coefficient (Wildman–Crippen LogP) is 6.26. The minimum absolute atomic E-state index is 0.211. The van der Waals surface area contributed by atoms with Gasteiger partial charge in [0.05, 0.1) is 28.2 Å². The van der Waals surface area contributed by atoms with Crippen molar-refractivity contribution in [3.05, 3.63) is 86.5 Å². The summed E-state index contributed by atoms with van der Waals surface area (Å²) >= 11 is 0. The summed E-state index contributed by atoms with van der Waals surface area (Å²) in [5.41, 5.74) is 11.8. The first kappa shape index (κ1) is 23.8. The molecule has 0 fully saturated rings. The van der Waals surface area contributed by atoms with Crippen molar-refractivity contribution in [1.29, 1.82) is 0 Å². The Morgan fingerprint density at radius 2 is 2.06 bits per heavy atom. The van der Waals surface area contributed by atoms with Gasteiger partial charge in [-0.1, -0.05) is 37.6 Å². The van der Waals surface area contributed by atoms with E-state index in [9.17, 15) is 14.5 Å². The lowest BCUT2D eigenvalue weighted by Crippen LogP contribution is -2.07. The third-order valence-electron chi connectivity index (χ3n) is 5.63. The zero-order valence-corrected chi connectivity index (χ0v) is 19.3. The number of rotatable bonds is 8. The fourth-order valence-electron chi connectivity index (χ4n) is 3.76. The number of hydrogen-bond acceptors (Lipinski definition) is 6. The number of halogens is 1. The second-order valence-corrected chi connectivity index (χ2v) is 7.89. The van der Waals surface area contributed by atoms with Crippen molar-refractivity contribution in [3.8, 4) is 0 Å². The van der Waals surface area contributed by atoms with Gasteiger partial charge in [-0.3, -0.25) is 10.1 Å². The summed E-state index contributed by atoms with van der Waals surface area (Å²) in [6.07, 6.45) is 6.69. The molecular formula is C25H28FN5O2. The van der Waals surface area contributed by atoms with E-state index in [1.165, 1.54) is 17.3 Å². The number of nitrogens with one attached hydrogen (secondary N) is 1. The highest BCUT2D eigenvalue weighted by Gasteiger charge is 2.19. The number of hydrogen-bond donors (Lipinski definition) is 2. The van der Waals surface area contributed by atoms with E-state index in [0.717, 1.165) is 42.5 Å². The van der Waals surface area contributed by atoms with Crippen LogP contribution < -0.4 is 11.1 Å². The average molecular weight is 450 g/mol. The molecule has 0 aliphatic carbocycles. The van der Waals surface area contributed by atoms with Crippen molar-refractivity contribution >= 4 is 28.6 Å². The summed E-state index contributed by atoms with van der Waals surface area (Å²) in [6.45, 7) is 7.84. The molecule has 7 nitrogen and oxygen atoms in total. The molecule has 0 spiro atoms. The average Bonchev–Trinajstić information content (AvgIpc) is 2.78. The molecular weight excluding hydrogens is 421 g/mol. The van der Waals surface area contributed by atoms with E-state index in [1.54, 1.807) is 6.92 Å². The summed E-state index contributed by atoms with van der Waals surface area (Å²) < 4.78 is 13.9. The SMILES string of the molecule is C/C=C(\c1cccc(CCCC)c1C)c1nc(Nc2cc([N+](=O)[O-])c(F)cc2C)ncc1N. The standard InChI is InChI=1S/C25H28FN5O2/c1-5-7-9-17-10-8-11-19(16(17)4)18(6-2)24-21(27)14-28-25(30-24)29-22-13-23(31(32)33)20(26)12-15(22)3/h6,8,10-14H,5,7,9,27H2,1-4H3,(H,28,29,30)/b18-6+. The topological polar surface area (TPSA) is 107 Å². The van der Waals surface area contributed by atoms with Crippen LogP contribution in [0.1, 0.15) is 54.6 Å². The van der Waals surface area contributed by atoms with Crippen molar-refractivity contribution in [2.24, 2.45) is 0 Å². The molecule has 172 valence electrons. The van der Waals surface area contributed by atoms with E-state index < -0.39 is 16.4 Å².